The number of ether oxygens (including phenoxy) is 1. The Morgan fingerprint density at radius 3 is 1.58 bits per heavy atom. The van der Waals surface area contributed by atoms with Crippen molar-refractivity contribution < 1.29 is 22.7 Å². The van der Waals surface area contributed by atoms with Crippen LogP contribution in [0, 0.1) is 12.8 Å². The predicted octanol–water partition coefficient (Wildman–Crippen LogP) is 10.2. The SMILES string of the molecule is CCCCC(CC)COC(=O)Nc1ccc2n[nH]nc2c1.CCCCCCCCNC(=O)Nc1ccc2n[nH]nc2c1.CCCCCCNS(=O)(=O)c1ccc2n[nH]nc2c1.Cc1ccc2n[nH]nc2c1. The lowest BCUT2D eigenvalue weighted by atomic mass is 10.0. The third-order valence-corrected chi connectivity index (χ3v) is 12.8. The number of fused-ring (bicyclic) bond motifs is 4. The molecule has 0 radical (unpaired) electrons. The zero-order valence-electron chi connectivity index (χ0n) is 41.6. The summed E-state index contributed by atoms with van der Waals surface area (Å²) in [6.45, 7) is 12.3. The number of sulfonamides is 1. The Morgan fingerprint density at radius 1 is 0.535 bits per heavy atom. The highest BCUT2D eigenvalue weighted by Crippen LogP contribution is 2.19. The number of unbranched alkanes of at least 4 members (excludes halogenated alkanes) is 9. The fourth-order valence-electron chi connectivity index (χ4n) is 7.14. The van der Waals surface area contributed by atoms with Gasteiger partial charge in [0.25, 0.3) is 0 Å². The Balaban J connectivity index is 0.000000181. The summed E-state index contributed by atoms with van der Waals surface area (Å²) in [5.74, 6) is 0.439. The van der Waals surface area contributed by atoms with Gasteiger partial charge in [0.15, 0.2) is 0 Å². The van der Waals surface area contributed by atoms with Gasteiger partial charge in [-0.15, -0.1) is 0 Å². The van der Waals surface area contributed by atoms with Crippen LogP contribution in [0.25, 0.3) is 44.1 Å². The topological polar surface area (TPSA) is 292 Å². The third kappa shape index (κ3) is 19.0. The van der Waals surface area contributed by atoms with Gasteiger partial charge in [-0.3, -0.25) is 5.32 Å². The van der Waals surface area contributed by atoms with Gasteiger partial charge in [-0.2, -0.15) is 61.6 Å². The number of carbonyl (C=O) groups excluding carboxylic acids is 2. The predicted molar refractivity (Wildman–Crippen MR) is 278 cm³/mol. The normalized spacial score (nSPS) is 11.5. The number of hydrogen-bond acceptors (Lipinski definition) is 13. The number of benzene rings is 4. The van der Waals surface area contributed by atoms with E-state index < -0.39 is 16.1 Å². The Morgan fingerprint density at radius 2 is 1.00 bits per heavy atom. The molecule has 21 nitrogen and oxygen atoms in total. The molecule has 0 saturated heterocycles. The summed E-state index contributed by atoms with van der Waals surface area (Å²) in [5.41, 5.74) is 8.64. The second kappa shape index (κ2) is 29.8. The largest absolute Gasteiger partial charge is 0.449 e. The number of urea groups is 1. The zero-order valence-corrected chi connectivity index (χ0v) is 42.4. The number of aromatic nitrogens is 12. The summed E-state index contributed by atoms with van der Waals surface area (Å²) < 4.78 is 32.0. The highest BCUT2D eigenvalue weighted by Gasteiger charge is 2.15. The summed E-state index contributed by atoms with van der Waals surface area (Å²) in [6, 6.07) is 21.3. The zero-order chi connectivity index (χ0) is 50.7. The Bertz CT molecular complexity index is 2910. The molecule has 71 heavy (non-hydrogen) atoms. The van der Waals surface area contributed by atoms with Crippen molar-refractivity contribution in [3.8, 4) is 0 Å². The maximum absolute atomic E-state index is 12.1. The van der Waals surface area contributed by atoms with Crippen LogP contribution < -0.4 is 20.7 Å². The van der Waals surface area contributed by atoms with E-state index in [2.05, 4.69) is 110 Å². The standard InChI is InChI=1S/C15H23N5O.C15H22N4O2.C12H18N4O2S.C7H7N3/c1-2-3-4-5-6-7-10-16-15(21)17-12-8-9-13-14(11-12)19-20-18-13;1-3-5-6-11(4-2)10-21-15(20)16-12-7-8-13-14(9-12)18-19-17-13;1-2-3-4-5-8-13-19(17,18)10-6-7-11-12(9-10)15-16-14-11;1-5-2-3-6-7(4-5)9-10-8-6/h8-9,11H,2-7,10H2,1H3,(H2,16,17,21)(H,18,19,20);7-9,11H,3-6,10H2,1-2H3,(H,16,20)(H,17,18,19);6-7,9,13H,2-5,8H2,1H3,(H,14,15,16);2-4H,1H3,(H,8,9,10). The Kier molecular flexibility index (Phi) is 23.1. The van der Waals surface area contributed by atoms with Crippen LogP contribution in [0.4, 0.5) is 21.0 Å². The minimum Gasteiger partial charge on any atom is -0.449 e. The molecule has 4 heterocycles. The van der Waals surface area contributed by atoms with Gasteiger partial charge in [0.2, 0.25) is 10.0 Å². The van der Waals surface area contributed by atoms with Crippen molar-refractivity contribution in [2.45, 2.75) is 129 Å². The van der Waals surface area contributed by atoms with Gasteiger partial charge in [0.05, 0.1) is 11.5 Å². The second-order valence-electron chi connectivity index (χ2n) is 17.1. The van der Waals surface area contributed by atoms with E-state index in [-0.39, 0.29) is 10.9 Å². The van der Waals surface area contributed by atoms with Crippen LogP contribution >= 0.6 is 0 Å². The van der Waals surface area contributed by atoms with Crippen LogP contribution in [-0.2, 0) is 14.8 Å². The summed E-state index contributed by atoms with van der Waals surface area (Å²) in [7, 11) is -3.45. The van der Waals surface area contributed by atoms with E-state index >= 15 is 0 Å². The number of amides is 3. The third-order valence-electron chi connectivity index (χ3n) is 11.3. The molecule has 4 aromatic heterocycles. The monoisotopic (exact) mass is 995 g/mol. The number of hydrogen-bond donors (Lipinski definition) is 8. The maximum atomic E-state index is 12.1. The van der Waals surface area contributed by atoms with Crippen LogP contribution in [0.3, 0.4) is 0 Å². The molecule has 382 valence electrons. The molecule has 0 spiro atoms. The number of H-pyrrole nitrogens is 4. The van der Waals surface area contributed by atoms with Gasteiger partial charge in [0, 0.05) is 24.5 Å². The average molecular weight is 995 g/mol. The molecule has 0 bridgehead atoms. The van der Waals surface area contributed by atoms with Crippen molar-refractivity contribution in [1.82, 2.24) is 71.7 Å². The lowest BCUT2D eigenvalue weighted by Crippen LogP contribution is -2.29. The minimum absolute atomic E-state index is 0.175. The molecule has 8 aromatic rings. The van der Waals surface area contributed by atoms with Crippen molar-refractivity contribution in [3.05, 3.63) is 78.4 Å². The van der Waals surface area contributed by atoms with Crippen molar-refractivity contribution in [2.24, 2.45) is 5.92 Å². The number of anilines is 2. The smallest absolute Gasteiger partial charge is 0.411 e. The molecule has 0 aliphatic rings. The average Bonchev–Trinajstić information content (AvgIpc) is 4.22. The van der Waals surface area contributed by atoms with E-state index in [4.69, 9.17) is 4.74 Å². The van der Waals surface area contributed by atoms with Gasteiger partial charge in [-0.25, -0.2) is 22.7 Å². The Hall–Kier alpha value is -7.07. The van der Waals surface area contributed by atoms with Gasteiger partial charge in [-0.1, -0.05) is 104 Å². The van der Waals surface area contributed by atoms with Crippen molar-refractivity contribution in [2.75, 3.05) is 30.3 Å². The molecule has 4 aromatic carbocycles. The summed E-state index contributed by atoms with van der Waals surface area (Å²) in [6.07, 6.45) is 15.5. The lowest BCUT2D eigenvalue weighted by molar-refractivity contribution is 0.136. The fourth-order valence-corrected chi connectivity index (χ4v) is 8.24. The quantitative estimate of drug-likeness (QED) is 0.0294. The van der Waals surface area contributed by atoms with E-state index in [1.54, 1.807) is 36.4 Å². The molecular weight excluding hydrogens is 925 g/mol. The van der Waals surface area contributed by atoms with Crippen molar-refractivity contribution in [1.29, 1.82) is 0 Å². The summed E-state index contributed by atoms with van der Waals surface area (Å²) in [4.78, 5) is 23.8. The van der Waals surface area contributed by atoms with E-state index in [1.807, 2.05) is 37.3 Å². The van der Waals surface area contributed by atoms with Gasteiger partial charge in [-0.05, 0) is 104 Å². The number of rotatable bonds is 22. The highest BCUT2D eigenvalue weighted by molar-refractivity contribution is 7.89. The van der Waals surface area contributed by atoms with Crippen molar-refractivity contribution in [3.63, 3.8) is 0 Å². The van der Waals surface area contributed by atoms with E-state index in [0.717, 1.165) is 78.2 Å². The van der Waals surface area contributed by atoms with Gasteiger partial charge >= 0.3 is 12.1 Å². The molecular formula is C49H70N16O5S. The summed E-state index contributed by atoms with van der Waals surface area (Å²) in [5, 5.41) is 50.0. The first-order valence-electron chi connectivity index (χ1n) is 24.7. The first kappa shape index (κ1) is 54.9. The van der Waals surface area contributed by atoms with Crippen LogP contribution in [0.5, 0.6) is 0 Å². The lowest BCUT2D eigenvalue weighted by Gasteiger charge is -2.14. The number of aromatic amines is 4. The molecule has 22 heteroatoms. The molecule has 0 saturated carbocycles. The van der Waals surface area contributed by atoms with Crippen LogP contribution in [0.15, 0.2) is 77.7 Å². The van der Waals surface area contributed by atoms with E-state index in [0.29, 0.717) is 47.9 Å². The molecule has 8 rings (SSSR count). The van der Waals surface area contributed by atoms with E-state index in [9.17, 15) is 18.0 Å². The molecule has 0 aliphatic heterocycles. The number of nitrogens with one attached hydrogen (secondary N) is 8. The Labute approximate surface area is 414 Å². The first-order chi connectivity index (χ1) is 34.5. The molecule has 1 unspecified atom stereocenters. The molecule has 8 N–H and O–H groups in total. The molecule has 3 amide bonds. The summed E-state index contributed by atoms with van der Waals surface area (Å²) >= 11 is 0. The van der Waals surface area contributed by atoms with Gasteiger partial charge < -0.3 is 15.4 Å². The fraction of sp³-hybridized carbons (Fsp3) is 0.469. The number of nitrogens with zero attached hydrogens (tertiary/aromatic N) is 8. The van der Waals surface area contributed by atoms with Crippen LogP contribution in [0.2, 0.25) is 0 Å². The molecule has 0 fully saturated rings. The van der Waals surface area contributed by atoms with Crippen LogP contribution in [0.1, 0.15) is 123 Å². The van der Waals surface area contributed by atoms with Crippen molar-refractivity contribution >= 4 is 77.7 Å². The van der Waals surface area contributed by atoms with Crippen LogP contribution in [-0.4, -0.2) is 102 Å². The second-order valence-corrected chi connectivity index (χ2v) is 18.9. The maximum Gasteiger partial charge on any atom is 0.411 e. The number of aryl methyl sites for hydroxylation is 1. The molecule has 0 aliphatic carbocycles. The van der Waals surface area contributed by atoms with E-state index in [1.165, 1.54) is 56.6 Å². The van der Waals surface area contributed by atoms with Gasteiger partial charge in [0.1, 0.15) is 44.1 Å². The highest BCUT2D eigenvalue weighted by atomic mass is 32.2. The first-order valence-corrected chi connectivity index (χ1v) is 26.2. The minimum atomic E-state index is -3.45. The molecule has 1 atom stereocenters. The number of carbonyl (C=O) groups is 2.